The second-order valence-electron chi connectivity index (χ2n) is 4.46. The van der Waals surface area contributed by atoms with Crippen LogP contribution < -0.4 is 16.0 Å². The lowest BCUT2D eigenvalue weighted by atomic mass is 10.1. The van der Waals surface area contributed by atoms with Crippen molar-refractivity contribution in [1.82, 2.24) is 10.6 Å². The van der Waals surface area contributed by atoms with Crippen molar-refractivity contribution in [3.8, 4) is 0 Å². The molecule has 6 nitrogen and oxygen atoms in total. The van der Waals surface area contributed by atoms with Crippen LogP contribution in [0.3, 0.4) is 0 Å². The van der Waals surface area contributed by atoms with Crippen molar-refractivity contribution in [2.45, 2.75) is 18.6 Å². The Morgan fingerprint density at radius 1 is 1.32 bits per heavy atom. The Morgan fingerprint density at radius 3 is 2.55 bits per heavy atom. The van der Waals surface area contributed by atoms with Gasteiger partial charge in [0.1, 0.15) is 6.04 Å². The predicted molar refractivity (Wildman–Crippen MR) is 70.2 cm³/mol. The van der Waals surface area contributed by atoms with Gasteiger partial charge in [0, 0.05) is 5.02 Å². The molecule has 1 saturated heterocycles. The van der Waals surface area contributed by atoms with E-state index in [9.17, 15) is 27.6 Å². The highest BCUT2D eigenvalue weighted by atomic mass is 35.5. The largest absolute Gasteiger partial charge is 0.418 e. The number of carbonyl (C=O) groups is 3. The summed E-state index contributed by atoms with van der Waals surface area (Å²) in [5.74, 6) is -1.57. The van der Waals surface area contributed by atoms with Gasteiger partial charge in [-0.15, -0.1) is 0 Å². The van der Waals surface area contributed by atoms with Gasteiger partial charge in [0.25, 0.3) is 5.91 Å². The van der Waals surface area contributed by atoms with E-state index in [-0.39, 0.29) is 5.02 Å². The van der Waals surface area contributed by atoms with Crippen LogP contribution in [0, 0.1) is 0 Å². The summed E-state index contributed by atoms with van der Waals surface area (Å²) < 4.78 is 38.6. The third-order valence-corrected chi connectivity index (χ3v) is 3.04. The molecule has 4 amide bonds. The predicted octanol–water partition coefficient (Wildman–Crippen LogP) is 1.90. The molecule has 2 rings (SSSR count). The molecular formula is C12H9ClF3N3O3. The minimum absolute atomic E-state index is 0.132. The van der Waals surface area contributed by atoms with Crippen molar-refractivity contribution in [2.75, 3.05) is 5.32 Å². The zero-order chi connectivity index (χ0) is 16.5. The van der Waals surface area contributed by atoms with Crippen molar-refractivity contribution in [3.63, 3.8) is 0 Å². The molecule has 1 fully saturated rings. The van der Waals surface area contributed by atoms with Crippen LogP contribution in [0.5, 0.6) is 0 Å². The Bertz CT molecular complexity index is 648. The van der Waals surface area contributed by atoms with Gasteiger partial charge >= 0.3 is 12.2 Å². The Morgan fingerprint density at radius 2 is 2.00 bits per heavy atom. The first kappa shape index (κ1) is 16.1. The van der Waals surface area contributed by atoms with E-state index in [1.807, 2.05) is 5.32 Å². The number of alkyl halides is 3. The molecule has 0 radical (unpaired) electrons. The smallest absolute Gasteiger partial charge is 0.325 e. The van der Waals surface area contributed by atoms with Crippen LogP contribution in [0.25, 0.3) is 0 Å². The molecule has 1 aromatic rings. The summed E-state index contributed by atoms with van der Waals surface area (Å²) in [6.07, 6.45) is -5.19. The lowest BCUT2D eigenvalue weighted by Gasteiger charge is -2.15. The molecule has 1 atom stereocenters. The first-order chi connectivity index (χ1) is 10.2. The van der Waals surface area contributed by atoms with E-state index in [0.717, 1.165) is 6.07 Å². The molecule has 0 aliphatic carbocycles. The molecular weight excluding hydrogens is 327 g/mol. The van der Waals surface area contributed by atoms with E-state index in [0.29, 0.717) is 6.07 Å². The molecule has 0 aromatic heterocycles. The van der Waals surface area contributed by atoms with E-state index >= 15 is 0 Å². The highest BCUT2D eigenvalue weighted by Crippen LogP contribution is 2.36. The molecule has 0 saturated carbocycles. The van der Waals surface area contributed by atoms with Gasteiger partial charge in [-0.25, -0.2) is 4.79 Å². The molecule has 1 aromatic carbocycles. The average molecular weight is 336 g/mol. The van der Waals surface area contributed by atoms with Gasteiger partial charge in [-0.3, -0.25) is 14.9 Å². The van der Waals surface area contributed by atoms with Gasteiger partial charge in [0.2, 0.25) is 5.91 Å². The van der Waals surface area contributed by atoms with Gasteiger partial charge < -0.3 is 10.6 Å². The summed E-state index contributed by atoms with van der Waals surface area (Å²) in [5.41, 5.74) is -1.58. The molecule has 1 unspecified atom stereocenters. The number of imide groups is 1. The third kappa shape index (κ3) is 3.67. The number of urea groups is 1. The number of hydrogen-bond donors (Lipinski definition) is 3. The molecule has 10 heteroatoms. The minimum atomic E-state index is -4.70. The van der Waals surface area contributed by atoms with Crippen LogP contribution in [0.15, 0.2) is 18.2 Å². The van der Waals surface area contributed by atoms with Gasteiger partial charge in [-0.05, 0) is 18.2 Å². The Labute approximate surface area is 127 Å². The van der Waals surface area contributed by atoms with Crippen LogP contribution in [-0.2, 0) is 15.8 Å². The van der Waals surface area contributed by atoms with Gasteiger partial charge in [-0.1, -0.05) is 11.6 Å². The minimum Gasteiger partial charge on any atom is -0.325 e. The molecule has 118 valence electrons. The van der Waals surface area contributed by atoms with Crippen molar-refractivity contribution >= 4 is 35.1 Å². The average Bonchev–Trinajstić information content (AvgIpc) is 2.68. The van der Waals surface area contributed by atoms with E-state index in [2.05, 4.69) is 10.6 Å². The lowest BCUT2D eigenvalue weighted by molar-refractivity contribution is -0.137. The number of rotatable bonds is 3. The zero-order valence-electron chi connectivity index (χ0n) is 10.8. The monoisotopic (exact) mass is 335 g/mol. The molecule has 0 bridgehead atoms. The Kier molecular flexibility index (Phi) is 4.27. The summed E-state index contributed by atoms with van der Waals surface area (Å²) in [5, 5.41) is 6.01. The number of amides is 4. The molecule has 1 aliphatic heterocycles. The molecule has 3 N–H and O–H groups in total. The molecule has 1 heterocycles. The number of anilines is 1. The van der Waals surface area contributed by atoms with Crippen LogP contribution in [-0.4, -0.2) is 23.9 Å². The van der Waals surface area contributed by atoms with E-state index in [1.165, 1.54) is 6.07 Å². The van der Waals surface area contributed by atoms with Crippen LogP contribution in [0.2, 0.25) is 5.02 Å². The summed E-state index contributed by atoms with van der Waals surface area (Å²) in [7, 11) is 0. The summed E-state index contributed by atoms with van der Waals surface area (Å²) >= 11 is 5.52. The quantitative estimate of drug-likeness (QED) is 0.737. The zero-order valence-corrected chi connectivity index (χ0v) is 11.5. The number of benzene rings is 1. The highest BCUT2D eigenvalue weighted by molar-refractivity contribution is 6.30. The maximum absolute atomic E-state index is 12.9. The van der Waals surface area contributed by atoms with Crippen LogP contribution in [0.1, 0.15) is 12.0 Å². The maximum Gasteiger partial charge on any atom is 0.418 e. The van der Waals surface area contributed by atoms with Gasteiger partial charge in [-0.2, -0.15) is 13.2 Å². The topological polar surface area (TPSA) is 87.3 Å². The van der Waals surface area contributed by atoms with Gasteiger partial charge in [0.15, 0.2) is 0 Å². The van der Waals surface area contributed by atoms with Crippen LogP contribution >= 0.6 is 11.6 Å². The van der Waals surface area contributed by atoms with Crippen molar-refractivity contribution in [2.24, 2.45) is 0 Å². The highest BCUT2D eigenvalue weighted by Gasteiger charge is 2.35. The normalized spacial score (nSPS) is 17.9. The Hall–Kier alpha value is -2.29. The number of nitrogens with one attached hydrogen (secondary N) is 3. The van der Waals surface area contributed by atoms with E-state index in [1.54, 1.807) is 0 Å². The fraction of sp³-hybridized carbons (Fsp3) is 0.250. The van der Waals surface area contributed by atoms with Gasteiger partial charge in [0.05, 0.1) is 17.7 Å². The van der Waals surface area contributed by atoms with Crippen molar-refractivity contribution < 1.29 is 27.6 Å². The molecule has 0 spiro atoms. The summed E-state index contributed by atoms with van der Waals surface area (Å²) in [4.78, 5) is 33.9. The second kappa shape index (κ2) is 5.84. The first-order valence-corrected chi connectivity index (χ1v) is 6.32. The lowest BCUT2D eigenvalue weighted by Crippen LogP contribution is -2.33. The number of halogens is 4. The Balaban J connectivity index is 2.12. The van der Waals surface area contributed by atoms with Crippen molar-refractivity contribution in [3.05, 3.63) is 28.8 Å². The summed E-state index contributed by atoms with van der Waals surface area (Å²) in [6, 6.07) is 1.01. The fourth-order valence-electron chi connectivity index (χ4n) is 1.85. The third-order valence-electron chi connectivity index (χ3n) is 2.81. The van der Waals surface area contributed by atoms with Crippen molar-refractivity contribution in [1.29, 1.82) is 0 Å². The second-order valence-corrected chi connectivity index (χ2v) is 4.89. The summed E-state index contributed by atoms with van der Waals surface area (Å²) in [6.45, 7) is 0. The SMILES string of the molecule is O=C(CC1NC(=O)NC1=O)Nc1ccc(Cl)cc1C(F)(F)F. The van der Waals surface area contributed by atoms with E-state index < -0.39 is 47.7 Å². The first-order valence-electron chi connectivity index (χ1n) is 5.95. The standard InChI is InChI=1S/C12H9ClF3N3O3/c13-5-1-2-7(6(3-5)12(14,15)16)17-9(20)4-8-10(21)19-11(22)18-8/h1-3,8H,4H2,(H,17,20)(H2,18,19,21,22). The number of carbonyl (C=O) groups excluding carboxylic acids is 3. The fourth-order valence-corrected chi connectivity index (χ4v) is 2.02. The molecule has 1 aliphatic rings. The number of hydrogen-bond acceptors (Lipinski definition) is 3. The molecule has 22 heavy (non-hydrogen) atoms. The van der Waals surface area contributed by atoms with Crippen LogP contribution in [0.4, 0.5) is 23.7 Å². The maximum atomic E-state index is 12.9. The van der Waals surface area contributed by atoms with E-state index in [4.69, 9.17) is 11.6 Å².